The molecule has 2 aliphatic rings. The van der Waals surface area contributed by atoms with E-state index in [-0.39, 0.29) is 26.1 Å². The molecule has 2 aliphatic heterocycles. The van der Waals surface area contributed by atoms with E-state index in [4.69, 9.17) is 23.8 Å². The minimum atomic E-state index is -1.33. The van der Waals surface area contributed by atoms with Crippen molar-refractivity contribution in [2.24, 2.45) is 11.8 Å². The number of aliphatic hydroxyl groups is 2. The molecule has 0 aromatic carbocycles. The lowest BCUT2D eigenvalue weighted by Crippen LogP contribution is -2.58. The number of hydrogen-bond donors (Lipinski definition) is 3. The van der Waals surface area contributed by atoms with E-state index in [0.29, 0.717) is 0 Å². The molecule has 0 aromatic heterocycles. The molecule has 11 heteroatoms. The number of carboxylic acids is 1. The van der Waals surface area contributed by atoms with E-state index in [1.807, 2.05) is 0 Å². The Kier molecular flexibility index (Phi) is 8.42. The third kappa shape index (κ3) is 6.35. The monoisotopic (exact) mass is 449 g/mol. The molecule has 2 rings (SSSR count). The van der Waals surface area contributed by atoms with Crippen LogP contribution in [0.3, 0.4) is 0 Å². The van der Waals surface area contributed by atoms with Gasteiger partial charge in [-0.05, 0) is 27.7 Å². The van der Waals surface area contributed by atoms with Crippen molar-refractivity contribution in [3.8, 4) is 0 Å². The van der Waals surface area contributed by atoms with E-state index in [1.165, 1.54) is 14.2 Å². The maximum absolute atomic E-state index is 13.3. The first kappa shape index (κ1) is 25.9. The van der Waals surface area contributed by atoms with Crippen molar-refractivity contribution in [3.05, 3.63) is 0 Å². The van der Waals surface area contributed by atoms with Crippen LogP contribution in [0.4, 0.5) is 0 Å². The van der Waals surface area contributed by atoms with Crippen LogP contribution in [0.2, 0.25) is 0 Å². The van der Waals surface area contributed by atoms with Crippen molar-refractivity contribution in [2.75, 3.05) is 27.4 Å². The summed E-state index contributed by atoms with van der Waals surface area (Å²) in [5.74, 6) is -6.71. The van der Waals surface area contributed by atoms with Gasteiger partial charge in [-0.1, -0.05) is 0 Å². The minimum absolute atomic E-state index is 0.0768. The molecule has 0 aromatic rings. The van der Waals surface area contributed by atoms with E-state index in [1.54, 1.807) is 27.7 Å². The van der Waals surface area contributed by atoms with Crippen molar-refractivity contribution in [2.45, 2.75) is 76.5 Å². The Bertz CT molecular complexity index is 639. The Morgan fingerprint density at radius 1 is 0.935 bits per heavy atom. The molecule has 11 nitrogen and oxygen atoms in total. The zero-order chi connectivity index (χ0) is 23.6. The third-order valence-electron chi connectivity index (χ3n) is 5.51. The van der Waals surface area contributed by atoms with E-state index in [2.05, 4.69) is 0 Å². The molecule has 1 amide bonds. The molecule has 180 valence electrons. The van der Waals surface area contributed by atoms with Gasteiger partial charge in [0.1, 0.15) is 0 Å². The summed E-state index contributed by atoms with van der Waals surface area (Å²) in [6.07, 6.45) is -2.94. The minimum Gasteiger partial charge on any atom is -0.481 e. The van der Waals surface area contributed by atoms with Crippen LogP contribution in [0.5, 0.6) is 0 Å². The molecule has 2 fully saturated rings. The number of hydrogen-bond acceptors (Lipinski definition) is 9. The number of aliphatic carboxylic acids is 1. The third-order valence-corrected chi connectivity index (χ3v) is 5.51. The predicted molar refractivity (Wildman–Crippen MR) is 105 cm³/mol. The highest BCUT2D eigenvalue weighted by atomic mass is 16.7. The van der Waals surface area contributed by atoms with Crippen LogP contribution in [-0.2, 0) is 33.4 Å². The highest BCUT2D eigenvalue weighted by molar-refractivity contribution is 5.85. The number of nitrogens with zero attached hydrogens (tertiary/aromatic N) is 1. The number of amides is 1. The number of carboxylic acid groups (broad SMARTS) is 1. The van der Waals surface area contributed by atoms with Crippen molar-refractivity contribution in [3.63, 3.8) is 0 Å². The number of ether oxygens (including phenoxy) is 4. The molecule has 0 bridgehead atoms. The van der Waals surface area contributed by atoms with Crippen LogP contribution in [0, 0.1) is 11.8 Å². The van der Waals surface area contributed by atoms with Crippen molar-refractivity contribution >= 4 is 11.9 Å². The molecular formula is C20H35NO10. The largest absolute Gasteiger partial charge is 0.481 e. The van der Waals surface area contributed by atoms with Gasteiger partial charge in [0.25, 0.3) is 5.91 Å². The maximum Gasteiger partial charge on any atom is 0.310 e. The molecule has 31 heavy (non-hydrogen) atoms. The Balaban J connectivity index is 2.48. The molecule has 6 atom stereocenters. The highest BCUT2D eigenvalue weighted by Crippen LogP contribution is 2.39. The van der Waals surface area contributed by atoms with Crippen molar-refractivity contribution in [1.29, 1.82) is 0 Å². The van der Waals surface area contributed by atoms with Gasteiger partial charge in [-0.15, -0.1) is 0 Å². The van der Waals surface area contributed by atoms with Gasteiger partial charge in [-0.2, -0.15) is 0 Å². The standard InChI is InChI=1S/C20H35NO10/c1-19(2)28-11(9-22)7-13(30-19)15(17(24)21(5)27-6)16(18(25)26)14-8-12(10-23)29-20(3,4)31-14/h11-16,22-23H,7-10H2,1-6H3,(H,25,26)/t11-,12-,13+,14+,15?,16?/m0/s1. The van der Waals surface area contributed by atoms with Gasteiger partial charge in [0.2, 0.25) is 0 Å². The zero-order valence-electron chi connectivity index (χ0n) is 18.9. The average Bonchev–Trinajstić information content (AvgIpc) is 2.67. The van der Waals surface area contributed by atoms with Gasteiger partial charge in [-0.25, -0.2) is 5.06 Å². The molecule has 2 saturated heterocycles. The van der Waals surface area contributed by atoms with Crippen LogP contribution in [-0.4, -0.2) is 95.6 Å². The lowest BCUT2D eigenvalue weighted by Gasteiger charge is -2.47. The van der Waals surface area contributed by atoms with Crippen molar-refractivity contribution in [1.82, 2.24) is 5.06 Å². The van der Waals surface area contributed by atoms with Crippen LogP contribution in [0.15, 0.2) is 0 Å². The lowest BCUT2D eigenvalue weighted by atomic mass is 9.78. The quantitative estimate of drug-likeness (QED) is 0.437. The molecule has 2 unspecified atom stereocenters. The Morgan fingerprint density at radius 3 is 1.71 bits per heavy atom. The van der Waals surface area contributed by atoms with Gasteiger partial charge in [0.15, 0.2) is 11.6 Å². The summed E-state index contributed by atoms with van der Waals surface area (Å²) in [6, 6.07) is 0. The smallest absolute Gasteiger partial charge is 0.310 e. The second kappa shape index (κ2) is 10.1. The molecule has 0 aliphatic carbocycles. The molecule has 3 N–H and O–H groups in total. The highest BCUT2D eigenvalue weighted by Gasteiger charge is 2.53. The topological polar surface area (TPSA) is 144 Å². The first-order valence-electron chi connectivity index (χ1n) is 10.3. The summed E-state index contributed by atoms with van der Waals surface area (Å²) >= 11 is 0. The molecular weight excluding hydrogens is 414 g/mol. The summed E-state index contributed by atoms with van der Waals surface area (Å²) in [5, 5.41) is 30.4. The summed E-state index contributed by atoms with van der Waals surface area (Å²) in [5.41, 5.74) is 0. The van der Waals surface area contributed by atoms with E-state index in [9.17, 15) is 24.9 Å². The SMILES string of the molecule is CON(C)C(=O)C(C(C(=O)O)[C@H]1C[C@@H](CO)OC(C)(C)O1)[C@H]1C[C@@H](CO)OC(C)(C)O1. The number of carbonyl (C=O) groups is 2. The lowest BCUT2D eigenvalue weighted by molar-refractivity contribution is -0.329. The van der Waals surface area contributed by atoms with Gasteiger partial charge < -0.3 is 34.3 Å². The van der Waals surface area contributed by atoms with E-state index < -0.39 is 59.7 Å². The van der Waals surface area contributed by atoms with Gasteiger partial charge in [0.05, 0.1) is 56.6 Å². The van der Waals surface area contributed by atoms with E-state index >= 15 is 0 Å². The summed E-state index contributed by atoms with van der Waals surface area (Å²) in [7, 11) is 2.68. The molecule has 0 saturated carbocycles. The first-order chi connectivity index (χ1) is 14.3. The molecule has 0 spiro atoms. The van der Waals surface area contributed by atoms with Crippen LogP contribution in [0.1, 0.15) is 40.5 Å². The fourth-order valence-electron chi connectivity index (χ4n) is 4.35. The molecule has 0 radical (unpaired) electrons. The summed E-state index contributed by atoms with van der Waals surface area (Å²) < 4.78 is 23.2. The Hall–Kier alpha value is -1.34. The van der Waals surface area contributed by atoms with E-state index in [0.717, 1.165) is 5.06 Å². The second-order valence-corrected chi connectivity index (χ2v) is 8.84. The number of hydroxylamine groups is 2. The second-order valence-electron chi connectivity index (χ2n) is 8.84. The Labute approximate surface area is 182 Å². The number of rotatable bonds is 8. The molecule has 2 heterocycles. The summed E-state index contributed by atoms with van der Waals surface area (Å²) in [4.78, 5) is 30.8. The van der Waals surface area contributed by atoms with Crippen molar-refractivity contribution < 1.29 is 48.7 Å². The van der Waals surface area contributed by atoms with Crippen LogP contribution in [0.25, 0.3) is 0 Å². The zero-order valence-corrected chi connectivity index (χ0v) is 18.9. The average molecular weight is 449 g/mol. The number of carbonyl (C=O) groups excluding carboxylic acids is 1. The van der Waals surface area contributed by atoms with Gasteiger partial charge >= 0.3 is 5.97 Å². The number of aliphatic hydroxyl groups excluding tert-OH is 2. The summed E-state index contributed by atoms with van der Waals surface area (Å²) in [6.45, 7) is 5.88. The van der Waals surface area contributed by atoms with Crippen LogP contribution < -0.4 is 0 Å². The predicted octanol–water partition coefficient (Wildman–Crippen LogP) is 0.128. The fourth-order valence-corrected chi connectivity index (χ4v) is 4.35. The Morgan fingerprint density at radius 2 is 1.35 bits per heavy atom. The fraction of sp³-hybridized carbons (Fsp3) is 0.900. The normalized spacial score (nSPS) is 32.1. The maximum atomic E-state index is 13.3. The first-order valence-corrected chi connectivity index (χ1v) is 10.3. The van der Waals surface area contributed by atoms with Gasteiger partial charge in [0, 0.05) is 19.9 Å². The van der Waals surface area contributed by atoms with Gasteiger partial charge in [-0.3, -0.25) is 14.4 Å². The van der Waals surface area contributed by atoms with Crippen LogP contribution >= 0.6 is 0 Å².